The molecule has 0 aliphatic carbocycles. The molecule has 0 heterocycles. The van der Waals surface area contributed by atoms with Crippen LogP contribution in [0.3, 0.4) is 0 Å². The lowest BCUT2D eigenvalue weighted by molar-refractivity contribution is 0.0992. The van der Waals surface area contributed by atoms with Crippen LogP contribution in [-0.2, 0) is 6.42 Å². The van der Waals surface area contributed by atoms with Crippen LogP contribution in [0.25, 0.3) is 0 Å². The fourth-order valence-corrected chi connectivity index (χ4v) is 2.51. The molecule has 0 amide bonds. The first-order valence-corrected chi connectivity index (χ1v) is 7.00. The first-order chi connectivity index (χ1) is 10.0. The molecule has 5 heteroatoms. The van der Waals surface area contributed by atoms with Gasteiger partial charge in [-0.2, -0.15) is 0 Å². The summed E-state index contributed by atoms with van der Waals surface area (Å²) in [6.45, 7) is 0. The Labute approximate surface area is 133 Å². The van der Waals surface area contributed by atoms with Crippen molar-refractivity contribution in [1.82, 2.24) is 0 Å². The summed E-state index contributed by atoms with van der Waals surface area (Å²) in [4.78, 5) is 12.3. The molecule has 0 saturated carbocycles. The van der Waals surface area contributed by atoms with E-state index in [1.807, 2.05) is 12.1 Å². The number of ketones is 1. The highest BCUT2D eigenvalue weighted by Crippen LogP contribution is 2.36. The molecule has 0 fully saturated rings. The molecule has 0 bridgehead atoms. The van der Waals surface area contributed by atoms with Crippen LogP contribution in [0.1, 0.15) is 15.9 Å². The lowest BCUT2D eigenvalue weighted by atomic mass is 10.0. The van der Waals surface area contributed by atoms with Crippen LogP contribution in [0.5, 0.6) is 11.5 Å². The van der Waals surface area contributed by atoms with Crippen molar-refractivity contribution in [2.24, 2.45) is 0 Å². The van der Waals surface area contributed by atoms with Gasteiger partial charge in [0, 0.05) is 17.0 Å². The maximum Gasteiger partial charge on any atom is 0.179 e. The summed E-state index contributed by atoms with van der Waals surface area (Å²) < 4.78 is 10.3. The minimum atomic E-state index is -0.0693. The van der Waals surface area contributed by atoms with Gasteiger partial charge in [0.1, 0.15) is 0 Å². The van der Waals surface area contributed by atoms with E-state index >= 15 is 0 Å². The van der Waals surface area contributed by atoms with Crippen LogP contribution in [0.4, 0.5) is 0 Å². The van der Waals surface area contributed by atoms with Crippen LogP contribution in [0.2, 0.25) is 10.0 Å². The monoisotopic (exact) mass is 324 g/mol. The Kier molecular flexibility index (Phi) is 5.10. The van der Waals surface area contributed by atoms with Crippen LogP contribution >= 0.6 is 23.2 Å². The Morgan fingerprint density at radius 2 is 1.86 bits per heavy atom. The number of methoxy groups -OCH3 is 2. The Balaban J connectivity index is 2.29. The average Bonchev–Trinajstić information content (AvgIpc) is 2.46. The molecule has 0 atom stereocenters. The van der Waals surface area contributed by atoms with Gasteiger partial charge in [-0.05, 0) is 29.8 Å². The molecular formula is C16H14Cl2O3. The summed E-state index contributed by atoms with van der Waals surface area (Å²) in [5.74, 6) is 0.776. The molecule has 21 heavy (non-hydrogen) atoms. The van der Waals surface area contributed by atoms with Gasteiger partial charge in [0.25, 0.3) is 0 Å². The lowest BCUT2D eigenvalue weighted by Gasteiger charge is -2.11. The van der Waals surface area contributed by atoms with Crippen LogP contribution < -0.4 is 9.47 Å². The van der Waals surface area contributed by atoms with E-state index in [2.05, 4.69) is 0 Å². The number of hydrogen-bond donors (Lipinski definition) is 0. The van der Waals surface area contributed by atoms with E-state index in [9.17, 15) is 4.79 Å². The topological polar surface area (TPSA) is 35.5 Å². The second kappa shape index (κ2) is 6.83. The van der Waals surface area contributed by atoms with Crippen LogP contribution in [0.15, 0.2) is 36.4 Å². The number of halogens is 2. The standard InChI is InChI=1S/C16H14Cl2O3/c1-20-15-9-11(8-13(18)16(15)21-2)14(19)7-10-4-3-5-12(17)6-10/h3-6,8-9H,7H2,1-2H3. The number of Topliss-reactive ketones (excluding diaryl/α,β-unsaturated/α-hetero) is 1. The normalized spacial score (nSPS) is 10.3. The van der Waals surface area contributed by atoms with Gasteiger partial charge in [0.2, 0.25) is 0 Å². The molecular weight excluding hydrogens is 311 g/mol. The molecule has 0 aromatic heterocycles. The van der Waals surface area contributed by atoms with Gasteiger partial charge >= 0.3 is 0 Å². The molecule has 0 saturated heterocycles. The quantitative estimate of drug-likeness (QED) is 0.763. The highest BCUT2D eigenvalue weighted by molar-refractivity contribution is 6.32. The van der Waals surface area contributed by atoms with Gasteiger partial charge in [-0.3, -0.25) is 4.79 Å². The largest absolute Gasteiger partial charge is 0.493 e. The summed E-state index contributed by atoms with van der Waals surface area (Å²) in [6, 6.07) is 10.4. The summed E-state index contributed by atoms with van der Waals surface area (Å²) >= 11 is 12.0. The highest BCUT2D eigenvalue weighted by Gasteiger charge is 2.15. The average molecular weight is 325 g/mol. The van der Waals surface area contributed by atoms with Crippen molar-refractivity contribution in [2.75, 3.05) is 14.2 Å². The molecule has 2 aromatic rings. The Morgan fingerprint density at radius 1 is 1.10 bits per heavy atom. The number of carbonyl (C=O) groups is 1. The van der Waals surface area contributed by atoms with Crippen molar-refractivity contribution in [1.29, 1.82) is 0 Å². The molecule has 0 aliphatic heterocycles. The molecule has 2 rings (SSSR count). The van der Waals surface area contributed by atoms with E-state index in [1.165, 1.54) is 14.2 Å². The number of hydrogen-bond acceptors (Lipinski definition) is 3. The number of ether oxygens (including phenoxy) is 2. The maximum atomic E-state index is 12.3. The molecule has 0 N–H and O–H groups in total. The van der Waals surface area contributed by atoms with Crippen molar-refractivity contribution in [3.05, 3.63) is 57.6 Å². The SMILES string of the molecule is COc1cc(C(=O)Cc2cccc(Cl)c2)cc(Cl)c1OC. The molecule has 2 aromatic carbocycles. The third-order valence-corrected chi connectivity index (χ3v) is 3.53. The Bertz CT molecular complexity index is 669. The van der Waals surface area contributed by atoms with Gasteiger partial charge in [0.15, 0.2) is 17.3 Å². The Morgan fingerprint density at radius 3 is 2.48 bits per heavy atom. The fourth-order valence-electron chi connectivity index (χ4n) is 2.01. The van der Waals surface area contributed by atoms with E-state index in [0.29, 0.717) is 27.1 Å². The second-order valence-electron chi connectivity index (χ2n) is 4.42. The van der Waals surface area contributed by atoms with E-state index in [0.717, 1.165) is 5.56 Å². The minimum absolute atomic E-state index is 0.0693. The minimum Gasteiger partial charge on any atom is -0.493 e. The van der Waals surface area contributed by atoms with Gasteiger partial charge < -0.3 is 9.47 Å². The van der Waals surface area contributed by atoms with Gasteiger partial charge in [0.05, 0.1) is 19.2 Å². The van der Waals surface area contributed by atoms with Gasteiger partial charge in [-0.1, -0.05) is 35.3 Å². The summed E-state index contributed by atoms with van der Waals surface area (Å²) in [5, 5.41) is 0.942. The number of rotatable bonds is 5. The third-order valence-electron chi connectivity index (χ3n) is 3.01. The van der Waals surface area contributed by atoms with Crippen molar-refractivity contribution < 1.29 is 14.3 Å². The fraction of sp³-hybridized carbons (Fsp3) is 0.188. The lowest BCUT2D eigenvalue weighted by Crippen LogP contribution is -2.05. The van der Waals surface area contributed by atoms with Gasteiger partial charge in [-0.25, -0.2) is 0 Å². The predicted octanol–water partition coefficient (Wildman–Crippen LogP) is 4.44. The molecule has 0 aliphatic rings. The van der Waals surface area contributed by atoms with Gasteiger partial charge in [-0.15, -0.1) is 0 Å². The number of benzene rings is 2. The van der Waals surface area contributed by atoms with E-state index in [1.54, 1.807) is 24.3 Å². The second-order valence-corrected chi connectivity index (χ2v) is 5.27. The van der Waals surface area contributed by atoms with Crippen LogP contribution in [-0.4, -0.2) is 20.0 Å². The van der Waals surface area contributed by atoms with Crippen molar-refractivity contribution in [3.63, 3.8) is 0 Å². The summed E-state index contributed by atoms with van der Waals surface area (Å²) in [5.41, 5.74) is 1.32. The van der Waals surface area contributed by atoms with Crippen LogP contribution in [0, 0.1) is 0 Å². The highest BCUT2D eigenvalue weighted by atomic mass is 35.5. The van der Waals surface area contributed by atoms with Crippen molar-refractivity contribution in [3.8, 4) is 11.5 Å². The van der Waals surface area contributed by atoms with E-state index in [4.69, 9.17) is 32.7 Å². The Hall–Kier alpha value is -1.71. The smallest absolute Gasteiger partial charge is 0.179 e. The molecule has 110 valence electrons. The summed E-state index contributed by atoms with van der Waals surface area (Å²) in [6.07, 6.45) is 0.242. The first kappa shape index (κ1) is 15.7. The van der Waals surface area contributed by atoms with E-state index < -0.39 is 0 Å². The van der Waals surface area contributed by atoms with Crippen molar-refractivity contribution >= 4 is 29.0 Å². The van der Waals surface area contributed by atoms with Crippen molar-refractivity contribution in [2.45, 2.75) is 6.42 Å². The zero-order chi connectivity index (χ0) is 15.4. The summed E-state index contributed by atoms with van der Waals surface area (Å²) in [7, 11) is 3.00. The molecule has 0 spiro atoms. The molecule has 0 unspecified atom stereocenters. The van der Waals surface area contributed by atoms with E-state index in [-0.39, 0.29) is 12.2 Å². The first-order valence-electron chi connectivity index (χ1n) is 6.24. The third kappa shape index (κ3) is 3.69. The zero-order valence-corrected chi connectivity index (χ0v) is 13.2. The zero-order valence-electron chi connectivity index (χ0n) is 11.7. The predicted molar refractivity (Wildman–Crippen MR) is 84.0 cm³/mol. The molecule has 0 radical (unpaired) electrons. The number of carbonyl (C=O) groups excluding carboxylic acids is 1. The maximum absolute atomic E-state index is 12.3. The molecule has 3 nitrogen and oxygen atoms in total.